The van der Waals surface area contributed by atoms with Crippen LogP contribution >= 0.6 is 11.6 Å². The van der Waals surface area contributed by atoms with Crippen molar-refractivity contribution in [3.05, 3.63) is 28.8 Å². The van der Waals surface area contributed by atoms with Crippen LogP contribution in [0.4, 0.5) is 0 Å². The zero-order valence-corrected chi connectivity index (χ0v) is 13.9. The minimum Gasteiger partial charge on any atom is -0.479 e. The highest BCUT2D eigenvalue weighted by molar-refractivity contribution is 6.32. The van der Waals surface area contributed by atoms with Gasteiger partial charge in [-0.15, -0.1) is 0 Å². The molecule has 6 heteroatoms. The van der Waals surface area contributed by atoms with Gasteiger partial charge in [-0.1, -0.05) is 17.7 Å². The van der Waals surface area contributed by atoms with Gasteiger partial charge in [0, 0.05) is 19.6 Å². The molecule has 5 nitrogen and oxygen atoms in total. The van der Waals surface area contributed by atoms with Gasteiger partial charge in [0.05, 0.1) is 17.2 Å². The first kappa shape index (κ1) is 17.1. The summed E-state index contributed by atoms with van der Waals surface area (Å²) in [4.78, 5) is 13.1. The van der Waals surface area contributed by atoms with Crippen LogP contribution in [0.2, 0.25) is 5.02 Å². The Labute approximate surface area is 135 Å². The van der Waals surface area contributed by atoms with E-state index in [9.17, 15) is 4.79 Å². The number of ether oxygens (including phenoxy) is 2. The van der Waals surface area contributed by atoms with Crippen LogP contribution in [-0.4, -0.2) is 47.4 Å². The molecule has 1 aromatic rings. The number of benzene rings is 1. The number of hydrogen-bond donors (Lipinski definition) is 1. The summed E-state index contributed by atoms with van der Waals surface area (Å²) in [5, 5.41) is 9.30. The number of carboxylic acids is 1. The van der Waals surface area contributed by atoms with E-state index >= 15 is 0 Å². The van der Waals surface area contributed by atoms with Gasteiger partial charge in [0.25, 0.3) is 0 Å². The molecule has 1 heterocycles. The monoisotopic (exact) mass is 327 g/mol. The first-order chi connectivity index (χ1) is 10.3. The van der Waals surface area contributed by atoms with Gasteiger partial charge in [-0.2, -0.15) is 0 Å². The maximum Gasteiger partial charge on any atom is 0.344 e. The highest BCUT2D eigenvalue weighted by Gasteiger charge is 2.27. The van der Waals surface area contributed by atoms with Crippen molar-refractivity contribution in [1.82, 2.24) is 4.90 Å². The molecule has 122 valence electrons. The zero-order chi connectivity index (χ0) is 16.3. The number of aliphatic carboxylic acids is 1. The Bertz CT molecular complexity index is 547. The summed E-state index contributed by atoms with van der Waals surface area (Å²) in [6.07, 6.45) is -0.927. The normalized spacial score (nSPS) is 19.6. The third-order valence-corrected chi connectivity index (χ3v) is 3.85. The molecule has 1 atom stereocenters. The average Bonchev–Trinajstić information content (AvgIpc) is 2.40. The van der Waals surface area contributed by atoms with Gasteiger partial charge in [-0.3, -0.25) is 4.90 Å². The van der Waals surface area contributed by atoms with E-state index in [0.29, 0.717) is 10.8 Å². The number of carbonyl (C=O) groups is 1. The lowest BCUT2D eigenvalue weighted by Crippen LogP contribution is -2.47. The van der Waals surface area contributed by atoms with Gasteiger partial charge in [0.2, 0.25) is 0 Å². The molecule has 1 aromatic carbocycles. The highest BCUT2D eigenvalue weighted by atomic mass is 35.5. The predicted molar refractivity (Wildman–Crippen MR) is 84.5 cm³/mol. The average molecular weight is 328 g/mol. The zero-order valence-electron chi connectivity index (χ0n) is 13.1. The molecule has 0 bridgehead atoms. The minimum absolute atomic E-state index is 0.137. The van der Waals surface area contributed by atoms with Crippen LogP contribution in [0.15, 0.2) is 18.2 Å². The summed E-state index contributed by atoms with van der Waals surface area (Å²) in [7, 11) is 0. The third-order valence-electron chi connectivity index (χ3n) is 3.56. The molecule has 1 saturated heterocycles. The van der Waals surface area contributed by atoms with Crippen molar-refractivity contribution in [2.75, 3.05) is 19.7 Å². The molecule has 0 saturated carbocycles. The van der Waals surface area contributed by atoms with E-state index in [-0.39, 0.29) is 5.60 Å². The van der Waals surface area contributed by atoms with Gasteiger partial charge in [-0.25, -0.2) is 4.79 Å². The second-order valence-corrected chi connectivity index (χ2v) is 6.59. The topological polar surface area (TPSA) is 59.0 Å². The molecule has 0 spiro atoms. The lowest BCUT2D eigenvalue weighted by Gasteiger charge is -2.38. The SMILES string of the molecule is CC(Oc1ccc(CN2CCOC(C)(C)C2)cc1Cl)C(=O)O. The maximum absolute atomic E-state index is 10.8. The molecule has 0 amide bonds. The molecule has 1 aliphatic heterocycles. The molecular weight excluding hydrogens is 306 g/mol. The van der Waals surface area contributed by atoms with E-state index in [1.165, 1.54) is 6.92 Å². The van der Waals surface area contributed by atoms with E-state index < -0.39 is 12.1 Å². The molecule has 1 unspecified atom stereocenters. The molecule has 2 rings (SSSR count). The van der Waals surface area contributed by atoms with Gasteiger partial charge < -0.3 is 14.6 Å². The van der Waals surface area contributed by atoms with Crippen molar-refractivity contribution in [3.63, 3.8) is 0 Å². The maximum atomic E-state index is 10.8. The molecule has 0 aromatic heterocycles. The van der Waals surface area contributed by atoms with Crippen LogP contribution in [0, 0.1) is 0 Å². The molecule has 1 aliphatic rings. The third kappa shape index (κ3) is 4.60. The quantitative estimate of drug-likeness (QED) is 0.901. The number of carboxylic acid groups (broad SMARTS) is 1. The molecular formula is C16H22ClNO4. The number of nitrogens with zero attached hydrogens (tertiary/aromatic N) is 1. The van der Waals surface area contributed by atoms with Gasteiger partial charge >= 0.3 is 5.97 Å². The van der Waals surface area contributed by atoms with E-state index in [1.807, 2.05) is 12.1 Å². The van der Waals surface area contributed by atoms with E-state index in [1.54, 1.807) is 6.07 Å². The van der Waals surface area contributed by atoms with Crippen LogP contribution in [0.3, 0.4) is 0 Å². The fourth-order valence-corrected chi connectivity index (χ4v) is 2.73. The van der Waals surface area contributed by atoms with Crippen molar-refractivity contribution < 1.29 is 19.4 Å². The smallest absolute Gasteiger partial charge is 0.344 e. The molecule has 22 heavy (non-hydrogen) atoms. The lowest BCUT2D eigenvalue weighted by atomic mass is 10.1. The van der Waals surface area contributed by atoms with Gasteiger partial charge in [0.1, 0.15) is 5.75 Å². The number of halogens is 1. The Balaban J connectivity index is 2.01. The summed E-state index contributed by atoms with van der Waals surface area (Å²) in [6, 6.07) is 5.47. The summed E-state index contributed by atoms with van der Waals surface area (Å²) in [6.45, 7) is 8.88. The Morgan fingerprint density at radius 2 is 2.27 bits per heavy atom. The van der Waals surface area contributed by atoms with E-state index in [2.05, 4.69) is 18.7 Å². The summed E-state index contributed by atoms with van der Waals surface area (Å²) in [5.74, 6) is -0.627. The highest BCUT2D eigenvalue weighted by Crippen LogP contribution is 2.27. The number of rotatable bonds is 5. The van der Waals surface area contributed by atoms with E-state index in [0.717, 1.165) is 31.8 Å². The van der Waals surface area contributed by atoms with Crippen molar-refractivity contribution in [2.24, 2.45) is 0 Å². The predicted octanol–water partition coefficient (Wildman–Crippen LogP) is 2.80. The molecule has 1 fully saturated rings. The van der Waals surface area contributed by atoms with Gasteiger partial charge in [0.15, 0.2) is 6.10 Å². The van der Waals surface area contributed by atoms with Crippen LogP contribution in [0.5, 0.6) is 5.75 Å². The van der Waals surface area contributed by atoms with Crippen LogP contribution in [-0.2, 0) is 16.1 Å². The second-order valence-electron chi connectivity index (χ2n) is 6.18. The Hall–Kier alpha value is -1.30. The Morgan fingerprint density at radius 1 is 1.55 bits per heavy atom. The standard InChI is InChI=1S/C16H22ClNO4/c1-11(15(19)20)22-14-5-4-12(8-13(14)17)9-18-6-7-21-16(2,3)10-18/h4-5,8,11H,6-7,9-10H2,1-3H3,(H,19,20). The van der Waals surface area contributed by atoms with Crippen LogP contribution in [0.25, 0.3) is 0 Å². The minimum atomic E-state index is -1.02. The molecule has 0 aliphatic carbocycles. The first-order valence-electron chi connectivity index (χ1n) is 7.31. The summed E-state index contributed by atoms with van der Waals surface area (Å²) in [5.41, 5.74) is 0.931. The lowest BCUT2D eigenvalue weighted by molar-refractivity contribution is -0.144. The number of hydrogen-bond acceptors (Lipinski definition) is 4. The van der Waals surface area contributed by atoms with Crippen molar-refractivity contribution in [1.29, 1.82) is 0 Å². The first-order valence-corrected chi connectivity index (χ1v) is 7.69. The molecule has 0 radical (unpaired) electrons. The second kappa shape index (κ2) is 6.86. The van der Waals surface area contributed by atoms with Crippen molar-refractivity contribution in [2.45, 2.75) is 39.0 Å². The van der Waals surface area contributed by atoms with Crippen LogP contribution < -0.4 is 4.74 Å². The Kier molecular flexibility index (Phi) is 5.32. The summed E-state index contributed by atoms with van der Waals surface area (Å²) < 4.78 is 11.0. The van der Waals surface area contributed by atoms with Crippen molar-refractivity contribution in [3.8, 4) is 5.75 Å². The van der Waals surface area contributed by atoms with Gasteiger partial charge in [-0.05, 0) is 38.5 Å². The molecule has 1 N–H and O–H groups in total. The fraction of sp³-hybridized carbons (Fsp3) is 0.562. The summed E-state index contributed by atoms with van der Waals surface area (Å²) >= 11 is 6.19. The largest absolute Gasteiger partial charge is 0.479 e. The van der Waals surface area contributed by atoms with E-state index in [4.69, 9.17) is 26.2 Å². The number of morpholine rings is 1. The van der Waals surface area contributed by atoms with Crippen molar-refractivity contribution >= 4 is 17.6 Å². The Morgan fingerprint density at radius 3 is 2.86 bits per heavy atom. The fourth-order valence-electron chi connectivity index (χ4n) is 2.49. The van der Waals surface area contributed by atoms with Crippen LogP contribution in [0.1, 0.15) is 26.3 Å².